The fraction of sp³-hybridized carbons (Fsp3) is 0.458. The van der Waals surface area contributed by atoms with Crippen LogP contribution in [0.15, 0.2) is 53.4 Å². The van der Waals surface area contributed by atoms with E-state index in [0.717, 1.165) is 25.2 Å². The number of carbonyl (C=O) groups excluding carboxylic acids is 1. The Balaban J connectivity index is 1.43. The molecule has 2 aromatic rings. The summed E-state index contributed by atoms with van der Waals surface area (Å²) in [5.74, 6) is -0.267. The molecule has 0 aliphatic carbocycles. The summed E-state index contributed by atoms with van der Waals surface area (Å²) in [7, 11) is -1.62. The second-order valence-corrected chi connectivity index (χ2v) is 10.6. The molecule has 1 N–H and O–H groups in total. The number of benzene rings is 2. The largest absolute Gasteiger partial charge is 0.348 e. The van der Waals surface area contributed by atoms with Crippen molar-refractivity contribution in [3.05, 3.63) is 65.2 Å². The van der Waals surface area contributed by atoms with E-state index in [2.05, 4.69) is 21.2 Å². The Bertz CT molecular complexity index is 1040. The molecule has 0 unspecified atom stereocenters. The van der Waals surface area contributed by atoms with Gasteiger partial charge in [0.05, 0.1) is 4.90 Å². The molecule has 172 valence electrons. The van der Waals surface area contributed by atoms with E-state index >= 15 is 0 Å². The molecule has 7 nitrogen and oxygen atoms in total. The maximum absolute atomic E-state index is 13.0. The number of hydrogen-bond acceptors (Lipinski definition) is 5. The monoisotopic (exact) mass is 456 g/mol. The van der Waals surface area contributed by atoms with Gasteiger partial charge in [-0.1, -0.05) is 30.3 Å². The van der Waals surface area contributed by atoms with Gasteiger partial charge in [-0.25, -0.2) is 8.42 Å². The third-order valence-electron chi connectivity index (χ3n) is 6.35. The summed E-state index contributed by atoms with van der Waals surface area (Å²) in [4.78, 5) is 17.6. The van der Waals surface area contributed by atoms with Crippen LogP contribution in [-0.4, -0.2) is 74.7 Å². The summed E-state index contributed by atoms with van der Waals surface area (Å²) < 4.78 is 27.6. The molecule has 1 amide bonds. The van der Waals surface area contributed by atoms with Gasteiger partial charge >= 0.3 is 0 Å². The molecule has 2 aliphatic heterocycles. The molecule has 32 heavy (non-hydrogen) atoms. The van der Waals surface area contributed by atoms with Crippen molar-refractivity contribution in [2.75, 3.05) is 46.3 Å². The fourth-order valence-electron chi connectivity index (χ4n) is 4.32. The maximum Gasteiger partial charge on any atom is 0.251 e. The zero-order chi connectivity index (χ0) is 22.6. The van der Waals surface area contributed by atoms with E-state index in [4.69, 9.17) is 0 Å². The van der Waals surface area contributed by atoms with Crippen LogP contribution in [0.3, 0.4) is 0 Å². The molecule has 8 heteroatoms. The molecule has 0 bridgehead atoms. The van der Waals surface area contributed by atoms with Crippen molar-refractivity contribution in [3.8, 4) is 0 Å². The quantitative estimate of drug-likeness (QED) is 0.691. The Morgan fingerprint density at radius 2 is 1.59 bits per heavy atom. The number of nitrogens with zero attached hydrogens (tertiary/aromatic N) is 3. The Hall–Kier alpha value is -2.26. The molecule has 2 aliphatic rings. The zero-order valence-corrected chi connectivity index (χ0v) is 19.5. The van der Waals surface area contributed by atoms with Gasteiger partial charge in [0.25, 0.3) is 5.91 Å². The number of carbonyl (C=O) groups is 1. The van der Waals surface area contributed by atoms with Crippen LogP contribution in [0.5, 0.6) is 0 Å². The van der Waals surface area contributed by atoms with E-state index in [0.29, 0.717) is 38.3 Å². The third-order valence-corrected chi connectivity index (χ3v) is 8.24. The number of likely N-dealkylation sites (N-methyl/N-ethyl adjacent to an activating group) is 1. The number of nitrogens with one attached hydrogen (secondary N) is 1. The van der Waals surface area contributed by atoms with Gasteiger partial charge in [0, 0.05) is 44.8 Å². The lowest BCUT2D eigenvalue weighted by atomic mass is 10.1. The lowest BCUT2D eigenvalue weighted by Gasteiger charge is -2.31. The normalized spacial score (nSPS) is 18.7. The Kier molecular flexibility index (Phi) is 7.25. The second kappa shape index (κ2) is 10.1. The molecule has 4 rings (SSSR count). The van der Waals surface area contributed by atoms with Crippen molar-refractivity contribution in [1.29, 1.82) is 0 Å². The maximum atomic E-state index is 13.0. The standard InChI is InChI=1S/C24H32N4O3S/c1-26-13-15-28(16-14-26)32(30,31)23-10-6-9-20(17-23)24(29)25-18-21-7-2-3-8-22(21)19-27-11-4-5-12-27/h2-3,6-10,17H,4-5,11-16,18-19H2,1H3,(H,25,29). The molecule has 2 aromatic carbocycles. The third kappa shape index (κ3) is 5.38. The minimum Gasteiger partial charge on any atom is -0.348 e. The van der Waals surface area contributed by atoms with E-state index in [1.807, 2.05) is 25.2 Å². The van der Waals surface area contributed by atoms with E-state index in [9.17, 15) is 13.2 Å². The minimum atomic E-state index is -3.61. The highest BCUT2D eigenvalue weighted by atomic mass is 32.2. The zero-order valence-electron chi connectivity index (χ0n) is 18.7. The van der Waals surface area contributed by atoms with Crippen molar-refractivity contribution in [2.45, 2.75) is 30.8 Å². The van der Waals surface area contributed by atoms with Crippen LogP contribution in [0.25, 0.3) is 0 Å². The van der Waals surface area contributed by atoms with E-state index in [1.54, 1.807) is 18.2 Å². The molecular formula is C24H32N4O3S. The topological polar surface area (TPSA) is 73.0 Å². The van der Waals surface area contributed by atoms with Crippen LogP contribution >= 0.6 is 0 Å². The van der Waals surface area contributed by atoms with Gasteiger partial charge in [0.1, 0.15) is 0 Å². The number of rotatable bonds is 7. The lowest BCUT2D eigenvalue weighted by molar-refractivity contribution is 0.0950. The van der Waals surface area contributed by atoms with E-state index in [1.165, 1.54) is 28.8 Å². The van der Waals surface area contributed by atoms with Crippen LogP contribution < -0.4 is 5.32 Å². The number of piperazine rings is 1. The number of likely N-dealkylation sites (tertiary alicyclic amines) is 1. The van der Waals surface area contributed by atoms with Gasteiger partial charge in [-0.05, 0) is 62.3 Å². The molecular weight excluding hydrogens is 424 g/mol. The highest BCUT2D eigenvalue weighted by Gasteiger charge is 2.28. The van der Waals surface area contributed by atoms with Crippen molar-refractivity contribution in [2.24, 2.45) is 0 Å². The van der Waals surface area contributed by atoms with Gasteiger partial charge in [-0.2, -0.15) is 4.31 Å². The van der Waals surface area contributed by atoms with Crippen LogP contribution in [0.2, 0.25) is 0 Å². The first-order valence-electron chi connectivity index (χ1n) is 11.3. The summed E-state index contributed by atoms with van der Waals surface area (Å²) in [5.41, 5.74) is 2.67. The Morgan fingerprint density at radius 1 is 0.906 bits per heavy atom. The molecule has 0 atom stereocenters. The second-order valence-electron chi connectivity index (χ2n) is 8.67. The van der Waals surface area contributed by atoms with Crippen molar-refractivity contribution in [3.63, 3.8) is 0 Å². The first kappa shape index (κ1) is 22.9. The number of hydrogen-bond donors (Lipinski definition) is 1. The van der Waals surface area contributed by atoms with E-state index < -0.39 is 10.0 Å². The molecule has 0 spiro atoms. The average molecular weight is 457 g/mol. The van der Waals surface area contributed by atoms with Gasteiger partial charge in [-0.3, -0.25) is 9.69 Å². The van der Waals surface area contributed by atoms with Gasteiger partial charge in [-0.15, -0.1) is 0 Å². The summed E-state index contributed by atoms with van der Waals surface area (Å²) in [6.07, 6.45) is 2.48. The summed E-state index contributed by atoms with van der Waals surface area (Å²) in [6, 6.07) is 14.5. The van der Waals surface area contributed by atoms with Crippen LogP contribution in [0.1, 0.15) is 34.3 Å². The van der Waals surface area contributed by atoms with Crippen molar-refractivity contribution < 1.29 is 13.2 Å². The predicted octanol–water partition coefficient (Wildman–Crippen LogP) is 2.15. The molecule has 2 heterocycles. The Morgan fingerprint density at radius 3 is 2.31 bits per heavy atom. The summed E-state index contributed by atoms with van der Waals surface area (Å²) >= 11 is 0. The Labute approximate surface area is 191 Å². The first-order valence-corrected chi connectivity index (χ1v) is 12.7. The summed E-state index contributed by atoms with van der Waals surface area (Å²) in [6.45, 7) is 5.88. The predicted molar refractivity (Wildman–Crippen MR) is 125 cm³/mol. The van der Waals surface area contributed by atoms with E-state index in [-0.39, 0.29) is 10.8 Å². The molecule has 0 saturated carbocycles. The molecule has 0 aromatic heterocycles. The van der Waals surface area contributed by atoms with Gasteiger partial charge in [0.2, 0.25) is 10.0 Å². The fourth-order valence-corrected chi connectivity index (χ4v) is 5.79. The van der Waals surface area contributed by atoms with Crippen LogP contribution in [0.4, 0.5) is 0 Å². The van der Waals surface area contributed by atoms with Gasteiger partial charge in [0.15, 0.2) is 0 Å². The molecule has 2 fully saturated rings. The average Bonchev–Trinajstić information content (AvgIpc) is 3.32. The van der Waals surface area contributed by atoms with Gasteiger partial charge < -0.3 is 10.2 Å². The first-order chi connectivity index (χ1) is 15.4. The molecule has 0 radical (unpaired) electrons. The molecule has 2 saturated heterocycles. The highest BCUT2D eigenvalue weighted by Crippen LogP contribution is 2.19. The minimum absolute atomic E-state index is 0.170. The van der Waals surface area contributed by atoms with Crippen LogP contribution in [-0.2, 0) is 23.1 Å². The lowest BCUT2D eigenvalue weighted by Crippen LogP contribution is -2.47. The highest BCUT2D eigenvalue weighted by molar-refractivity contribution is 7.89. The summed E-state index contributed by atoms with van der Waals surface area (Å²) in [5, 5.41) is 2.97. The SMILES string of the molecule is CN1CCN(S(=O)(=O)c2cccc(C(=O)NCc3ccccc3CN3CCCC3)c2)CC1. The van der Waals surface area contributed by atoms with Crippen LogP contribution in [0, 0.1) is 0 Å². The number of amides is 1. The smallest absolute Gasteiger partial charge is 0.251 e. The number of sulfonamides is 1. The van der Waals surface area contributed by atoms with Crippen molar-refractivity contribution >= 4 is 15.9 Å². The van der Waals surface area contributed by atoms with Crippen molar-refractivity contribution in [1.82, 2.24) is 19.4 Å².